The van der Waals surface area contributed by atoms with Gasteiger partial charge in [-0.2, -0.15) is 0 Å². The molecule has 0 aliphatic carbocycles. The van der Waals surface area contributed by atoms with E-state index in [1.54, 1.807) is 42.6 Å². The Morgan fingerprint density at radius 3 is 2.44 bits per heavy atom. The van der Waals surface area contributed by atoms with Gasteiger partial charge in [0.15, 0.2) is 15.8 Å². The average Bonchev–Trinajstić information content (AvgIpc) is 2.92. The number of nitrogens with zero attached hydrogens (tertiary/aromatic N) is 3. The SMILES string of the molecule is CN=C(NCc1ccc(S(C)(=O)=O)cc1)N(C)Cc1csc(C)n1.I. The molecule has 1 N–H and O–H groups in total. The molecule has 0 aliphatic heterocycles. The van der Waals surface area contributed by atoms with Gasteiger partial charge in [-0.25, -0.2) is 13.4 Å². The van der Waals surface area contributed by atoms with Gasteiger partial charge in [-0.1, -0.05) is 12.1 Å². The van der Waals surface area contributed by atoms with Crippen molar-refractivity contribution in [2.24, 2.45) is 4.99 Å². The van der Waals surface area contributed by atoms with Crippen molar-refractivity contribution in [2.45, 2.75) is 24.9 Å². The number of nitrogens with one attached hydrogen (secondary N) is 1. The Labute approximate surface area is 170 Å². The molecule has 0 fully saturated rings. The number of aromatic nitrogens is 1. The van der Waals surface area contributed by atoms with E-state index >= 15 is 0 Å². The van der Waals surface area contributed by atoms with Crippen molar-refractivity contribution in [3.8, 4) is 0 Å². The van der Waals surface area contributed by atoms with Crippen LogP contribution in [0.15, 0.2) is 39.5 Å². The van der Waals surface area contributed by atoms with E-state index in [0.29, 0.717) is 18.0 Å². The molecular weight excluding hydrogens is 471 g/mol. The van der Waals surface area contributed by atoms with Gasteiger partial charge in [-0.15, -0.1) is 35.3 Å². The van der Waals surface area contributed by atoms with Crippen molar-refractivity contribution in [3.63, 3.8) is 0 Å². The summed E-state index contributed by atoms with van der Waals surface area (Å²) in [5.41, 5.74) is 2.00. The second kappa shape index (κ2) is 9.48. The molecule has 0 spiro atoms. The first-order valence-electron chi connectivity index (χ1n) is 7.41. The minimum atomic E-state index is -3.16. The van der Waals surface area contributed by atoms with Gasteiger partial charge in [0.05, 0.1) is 22.1 Å². The van der Waals surface area contributed by atoms with E-state index in [1.807, 2.05) is 24.3 Å². The summed E-state index contributed by atoms with van der Waals surface area (Å²) in [5, 5.41) is 6.37. The normalized spacial score (nSPS) is 11.8. The summed E-state index contributed by atoms with van der Waals surface area (Å²) < 4.78 is 22.9. The summed E-state index contributed by atoms with van der Waals surface area (Å²) in [5.74, 6) is 0.757. The molecule has 25 heavy (non-hydrogen) atoms. The van der Waals surface area contributed by atoms with E-state index in [0.717, 1.165) is 22.2 Å². The molecule has 1 aromatic carbocycles. The smallest absolute Gasteiger partial charge is 0.194 e. The van der Waals surface area contributed by atoms with Crippen LogP contribution in [0.1, 0.15) is 16.3 Å². The van der Waals surface area contributed by atoms with Crippen LogP contribution < -0.4 is 5.32 Å². The fourth-order valence-electron chi connectivity index (χ4n) is 2.22. The number of aliphatic imine (C=N–C) groups is 1. The molecule has 1 heterocycles. The van der Waals surface area contributed by atoms with Crippen LogP contribution in [-0.2, 0) is 22.9 Å². The molecule has 9 heteroatoms. The first kappa shape index (κ1) is 21.8. The van der Waals surface area contributed by atoms with Crippen LogP contribution in [0.25, 0.3) is 0 Å². The molecule has 0 amide bonds. The molecule has 0 saturated carbocycles. The number of rotatable bonds is 5. The fourth-order valence-corrected chi connectivity index (χ4v) is 3.45. The third-order valence-electron chi connectivity index (χ3n) is 3.44. The highest BCUT2D eigenvalue weighted by Gasteiger charge is 2.09. The van der Waals surface area contributed by atoms with Gasteiger partial charge >= 0.3 is 0 Å². The lowest BCUT2D eigenvalue weighted by molar-refractivity contribution is 0.470. The van der Waals surface area contributed by atoms with Crippen molar-refractivity contribution in [1.29, 1.82) is 0 Å². The summed E-state index contributed by atoms with van der Waals surface area (Å²) in [6, 6.07) is 6.86. The van der Waals surface area contributed by atoms with Gasteiger partial charge in [0.25, 0.3) is 0 Å². The molecule has 2 rings (SSSR count). The lowest BCUT2D eigenvalue weighted by Gasteiger charge is -2.21. The molecule has 0 atom stereocenters. The quantitative estimate of drug-likeness (QED) is 0.393. The van der Waals surface area contributed by atoms with E-state index < -0.39 is 9.84 Å². The number of halogens is 1. The first-order chi connectivity index (χ1) is 11.3. The Bertz CT molecular complexity index is 817. The van der Waals surface area contributed by atoms with Gasteiger partial charge in [-0.3, -0.25) is 4.99 Å². The number of aryl methyl sites for hydroxylation is 1. The Morgan fingerprint density at radius 2 is 1.96 bits per heavy atom. The summed E-state index contributed by atoms with van der Waals surface area (Å²) in [6.45, 7) is 3.23. The Morgan fingerprint density at radius 1 is 1.32 bits per heavy atom. The van der Waals surface area contributed by atoms with Crippen LogP contribution in [0.2, 0.25) is 0 Å². The Balaban J connectivity index is 0.00000312. The third-order valence-corrected chi connectivity index (χ3v) is 5.39. The number of hydrogen-bond acceptors (Lipinski definition) is 5. The standard InChI is InChI=1S/C16H22N4O2S2.HI/c1-12-19-14(11-23-12)10-20(3)16(17-2)18-9-13-5-7-15(8-6-13)24(4,21)22;/h5-8,11H,9-10H2,1-4H3,(H,17,18);1H. The summed E-state index contributed by atoms with van der Waals surface area (Å²) in [6.07, 6.45) is 1.21. The van der Waals surface area contributed by atoms with Crippen LogP contribution >= 0.6 is 35.3 Å². The number of guanidine groups is 1. The lowest BCUT2D eigenvalue weighted by Crippen LogP contribution is -2.38. The highest BCUT2D eigenvalue weighted by atomic mass is 127. The zero-order valence-electron chi connectivity index (χ0n) is 14.7. The highest BCUT2D eigenvalue weighted by Crippen LogP contribution is 2.11. The average molecular weight is 494 g/mol. The topological polar surface area (TPSA) is 74.7 Å². The van der Waals surface area contributed by atoms with Gasteiger partial charge < -0.3 is 10.2 Å². The third kappa shape index (κ3) is 6.55. The lowest BCUT2D eigenvalue weighted by atomic mass is 10.2. The van der Waals surface area contributed by atoms with Crippen molar-refractivity contribution >= 4 is 51.1 Å². The largest absolute Gasteiger partial charge is 0.352 e. The highest BCUT2D eigenvalue weighted by molar-refractivity contribution is 14.0. The number of thiazole rings is 1. The fraction of sp³-hybridized carbons (Fsp3) is 0.375. The van der Waals surface area contributed by atoms with Crippen LogP contribution in [-0.4, -0.2) is 44.6 Å². The molecule has 0 bridgehead atoms. The van der Waals surface area contributed by atoms with E-state index in [9.17, 15) is 8.42 Å². The maximum absolute atomic E-state index is 11.5. The molecule has 0 saturated heterocycles. The molecule has 1 aromatic heterocycles. The van der Waals surface area contributed by atoms with Crippen LogP contribution in [0.5, 0.6) is 0 Å². The van der Waals surface area contributed by atoms with Gasteiger partial charge in [-0.05, 0) is 24.6 Å². The number of sulfone groups is 1. The van der Waals surface area contributed by atoms with E-state index in [1.165, 1.54) is 6.26 Å². The minimum absolute atomic E-state index is 0. The Hall–Kier alpha value is -1.20. The molecular formula is C16H23IN4O2S2. The maximum atomic E-state index is 11.5. The van der Waals surface area contributed by atoms with Crippen LogP contribution in [0.4, 0.5) is 0 Å². The molecule has 0 radical (unpaired) electrons. The van der Waals surface area contributed by atoms with Gasteiger partial charge in [0, 0.05) is 32.3 Å². The van der Waals surface area contributed by atoms with Crippen LogP contribution in [0, 0.1) is 6.92 Å². The van der Waals surface area contributed by atoms with E-state index in [2.05, 4.69) is 15.3 Å². The zero-order valence-corrected chi connectivity index (χ0v) is 18.6. The second-order valence-electron chi connectivity index (χ2n) is 5.53. The monoisotopic (exact) mass is 494 g/mol. The predicted molar refractivity (Wildman–Crippen MR) is 113 cm³/mol. The summed E-state index contributed by atoms with van der Waals surface area (Å²) >= 11 is 1.63. The minimum Gasteiger partial charge on any atom is -0.352 e. The van der Waals surface area contributed by atoms with E-state index in [-0.39, 0.29) is 24.0 Å². The number of benzene rings is 1. The van der Waals surface area contributed by atoms with Gasteiger partial charge in [0.2, 0.25) is 0 Å². The molecule has 138 valence electrons. The first-order valence-corrected chi connectivity index (χ1v) is 10.2. The second-order valence-corrected chi connectivity index (χ2v) is 8.61. The van der Waals surface area contributed by atoms with Crippen molar-refractivity contribution in [3.05, 3.63) is 45.9 Å². The summed E-state index contributed by atoms with van der Waals surface area (Å²) in [7, 11) is 0.529. The number of hydrogen-bond donors (Lipinski definition) is 1. The molecule has 0 unspecified atom stereocenters. The van der Waals surface area contributed by atoms with Crippen molar-refractivity contribution in [1.82, 2.24) is 15.2 Å². The van der Waals surface area contributed by atoms with Crippen molar-refractivity contribution in [2.75, 3.05) is 20.4 Å². The van der Waals surface area contributed by atoms with Crippen LogP contribution in [0.3, 0.4) is 0 Å². The Kier molecular flexibility index (Phi) is 8.29. The predicted octanol–water partition coefficient (Wildman–Crippen LogP) is 2.68. The molecule has 2 aromatic rings. The van der Waals surface area contributed by atoms with E-state index in [4.69, 9.17) is 0 Å². The summed E-state index contributed by atoms with van der Waals surface area (Å²) in [4.78, 5) is 11.1. The zero-order chi connectivity index (χ0) is 17.7. The molecule has 0 aliphatic rings. The van der Waals surface area contributed by atoms with Gasteiger partial charge in [0.1, 0.15) is 0 Å². The maximum Gasteiger partial charge on any atom is 0.194 e. The van der Waals surface area contributed by atoms with Crippen molar-refractivity contribution < 1.29 is 8.42 Å². The molecule has 6 nitrogen and oxygen atoms in total.